The highest BCUT2D eigenvalue weighted by molar-refractivity contribution is 5.25. The zero-order valence-electron chi connectivity index (χ0n) is 13.5. The Bertz CT molecular complexity index is 421. The number of rotatable bonds is 8. The number of aryl methyl sites for hydroxylation is 1. The number of hydrogen-bond acceptors (Lipinski definition) is 3. The van der Waals surface area contributed by atoms with E-state index in [-0.39, 0.29) is 0 Å². The maximum atomic E-state index is 9.25. The summed E-state index contributed by atoms with van der Waals surface area (Å²) in [6, 6.07) is 9.29. The topological polar surface area (TPSA) is 35.5 Å². The highest BCUT2D eigenvalue weighted by Gasteiger charge is 2.22. The van der Waals surface area contributed by atoms with Gasteiger partial charge in [-0.2, -0.15) is 0 Å². The molecule has 1 aliphatic heterocycles. The molecule has 2 rings (SSSR count). The average Bonchev–Trinajstić information content (AvgIpc) is 2.95. The predicted octanol–water partition coefficient (Wildman–Crippen LogP) is 2.74. The van der Waals surface area contributed by atoms with E-state index in [1.165, 1.54) is 17.5 Å². The molecule has 0 amide bonds. The maximum Gasteiger partial charge on any atom is 0.0471 e. The Morgan fingerprint density at radius 2 is 2.29 bits per heavy atom. The van der Waals surface area contributed by atoms with E-state index in [1.54, 1.807) is 0 Å². The lowest BCUT2D eigenvalue weighted by Crippen LogP contribution is -2.29. The van der Waals surface area contributed by atoms with Gasteiger partial charge >= 0.3 is 0 Å². The van der Waals surface area contributed by atoms with E-state index >= 15 is 0 Å². The predicted molar refractivity (Wildman–Crippen MR) is 88.5 cm³/mol. The van der Waals surface area contributed by atoms with E-state index in [1.807, 2.05) is 0 Å². The van der Waals surface area contributed by atoms with Gasteiger partial charge in [-0.25, -0.2) is 0 Å². The van der Waals surface area contributed by atoms with Gasteiger partial charge in [-0.05, 0) is 57.3 Å². The zero-order chi connectivity index (χ0) is 15.1. The smallest absolute Gasteiger partial charge is 0.0471 e. The molecule has 0 saturated carbocycles. The van der Waals surface area contributed by atoms with Crippen LogP contribution in [-0.4, -0.2) is 42.8 Å². The summed E-state index contributed by atoms with van der Waals surface area (Å²) in [5, 5.41) is 12.9. The van der Waals surface area contributed by atoms with Crippen molar-refractivity contribution in [2.75, 3.05) is 32.8 Å². The van der Waals surface area contributed by atoms with Crippen molar-refractivity contribution in [3.8, 4) is 0 Å². The number of nitrogens with one attached hydrogen (secondary N) is 1. The van der Waals surface area contributed by atoms with E-state index in [2.05, 4.69) is 48.3 Å². The Kier molecular flexibility index (Phi) is 6.68. The second kappa shape index (κ2) is 8.52. The van der Waals surface area contributed by atoms with Gasteiger partial charge in [0.15, 0.2) is 0 Å². The zero-order valence-corrected chi connectivity index (χ0v) is 13.5. The van der Waals surface area contributed by atoms with Gasteiger partial charge in [-0.15, -0.1) is 0 Å². The van der Waals surface area contributed by atoms with Gasteiger partial charge < -0.3 is 15.3 Å². The molecular weight excluding hydrogens is 260 g/mol. The fourth-order valence-electron chi connectivity index (χ4n) is 3.17. The molecule has 0 spiro atoms. The molecule has 2 atom stereocenters. The molecule has 1 aliphatic rings. The molecule has 0 radical (unpaired) electrons. The van der Waals surface area contributed by atoms with Crippen molar-refractivity contribution in [1.82, 2.24) is 10.2 Å². The highest BCUT2D eigenvalue weighted by atomic mass is 16.3. The lowest BCUT2D eigenvalue weighted by Gasteiger charge is -2.23. The first kappa shape index (κ1) is 16.5. The molecule has 1 aromatic carbocycles. The molecule has 118 valence electrons. The van der Waals surface area contributed by atoms with Gasteiger partial charge in [0.1, 0.15) is 0 Å². The van der Waals surface area contributed by atoms with Crippen LogP contribution in [0.25, 0.3) is 0 Å². The first-order chi connectivity index (χ1) is 10.2. The van der Waals surface area contributed by atoms with Crippen LogP contribution in [0.15, 0.2) is 24.3 Å². The molecule has 0 aliphatic carbocycles. The Morgan fingerprint density at radius 1 is 1.43 bits per heavy atom. The number of benzene rings is 1. The van der Waals surface area contributed by atoms with Gasteiger partial charge in [0, 0.05) is 19.2 Å². The maximum absolute atomic E-state index is 9.25. The third kappa shape index (κ3) is 5.10. The Balaban J connectivity index is 1.90. The second-order valence-electron chi connectivity index (χ2n) is 6.35. The molecule has 1 heterocycles. The van der Waals surface area contributed by atoms with Gasteiger partial charge in [0.25, 0.3) is 0 Å². The number of hydrogen-bond donors (Lipinski definition) is 2. The van der Waals surface area contributed by atoms with Crippen molar-refractivity contribution in [2.45, 2.75) is 39.2 Å². The van der Waals surface area contributed by atoms with Crippen LogP contribution in [0.5, 0.6) is 0 Å². The summed E-state index contributed by atoms with van der Waals surface area (Å²) in [6.45, 7) is 9.10. The van der Waals surface area contributed by atoms with Crippen LogP contribution < -0.4 is 5.32 Å². The van der Waals surface area contributed by atoms with Gasteiger partial charge in [-0.1, -0.05) is 36.8 Å². The van der Waals surface area contributed by atoms with Crippen LogP contribution in [0.4, 0.5) is 0 Å². The van der Waals surface area contributed by atoms with Crippen LogP contribution in [-0.2, 0) is 0 Å². The van der Waals surface area contributed by atoms with E-state index in [0.29, 0.717) is 18.6 Å². The molecule has 1 aromatic rings. The number of nitrogens with zero attached hydrogens (tertiary/aromatic N) is 1. The van der Waals surface area contributed by atoms with Crippen LogP contribution in [0.3, 0.4) is 0 Å². The SMILES string of the molecule is CCCNC(CCN1CCC(CO)C1)c1cccc(C)c1. The molecule has 21 heavy (non-hydrogen) atoms. The van der Waals surface area contributed by atoms with Crippen molar-refractivity contribution in [2.24, 2.45) is 5.92 Å². The van der Waals surface area contributed by atoms with Crippen molar-refractivity contribution >= 4 is 0 Å². The monoisotopic (exact) mass is 290 g/mol. The number of aliphatic hydroxyl groups excluding tert-OH is 1. The van der Waals surface area contributed by atoms with Crippen LogP contribution in [0.2, 0.25) is 0 Å². The summed E-state index contributed by atoms with van der Waals surface area (Å²) in [7, 11) is 0. The molecule has 2 unspecified atom stereocenters. The van der Waals surface area contributed by atoms with Gasteiger partial charge in [-0.3, -0.25) is 0 Å². The van der Waals surface area contributed by atoms with Gasteiger partial charge in [0.05, 0.1) is 0 Å². The standard InChI is InChI=1S/C18H30N2O/c1-3-9-19-18(17-6-4-5-15(2)12-17)8-11-20-10-7-16(13-20)14-21/h4-6,12,16,18-19,21H,3,7-11,13-14H2,1-2H3. The van der Waals surface area contributed by atoms with E-state index in [4.69, 9.17) is 0 Å². The summed E-state index contributed by atoms with van der Waals surface area (Å²) < 4.78 is 0. The van der Waals surface area contributed by atoms with Crippen molar-refractivity contribution in [3.63, 3.8) is 0 Å². The molecule has 3 heteroatoms. The third-order valence-corrected chi connectivity index (χ3v) is 4.45. The second-order valence-corrected chi connectivity index (χ2v) is 6.35. The molecule has 0 aromatic heterocycles. The number of aliphatic hydroxyl groups is 1. The minimum Gasteiger partial charge on any atom is -0.396 e. The molecule has 3 nitrogen and oxygen atoms in total. The van der Waals surface area contributed by atoms with E-state index < -0.39 is 0 Å². The Morgan fingerprint density at radius 3 is 2.95 bits per heavy atom. The molecule has 1 saturated heterocycles. The lowest BCUT2D eigenvalue weighted by atomic mass is 10.0. The van der Waals surface area contributed by atoms with Crippen molar-refractivity contribution in [3.05, 3.63) is 35.4 Å². The Labute approximate surface area is 129 Å². The van der Waals surface area contributed by atoms with Crippen LogP contribution in [0.1, 0.15) is 43.4 Å². The van der Waals surface area contributed by atoms with E-state index in [9.17, 15) is 5.11 Å². The van der Waals surface area contributed by atoms with Crippen molar-refractivity contribution < 1.29 is 5.11 Å². The summed E-state index contributed by atoms with van der Waals surface area (Å²) >= 11 is 0. The fraction of sp³-hybridized carbons (Fsp3) is 0.667. The minimum atomic E-state index is 0.339. The minimum absolute atomic E-state index is 0.339. The highest BCUT2D eigenvalue weighted by Crippen LogP contribution is 2.21. The largest absolute Gasteiger partial charge is 0.396 e. The first-order valence-corrected chi connectivity index (χ1v) is 8.36. The first-order valence-electron chi connectivity index (χ1n) is 8.36. The van der Waals surface area contributed by atoms with Crippen molar-refractivity contribution in [1.29, 1.82) is 0 Å². The third-order valence-electron chi connectivity index (χ3n) is 4.45. The summed E-state index contributed by atoms with van der Waals surface area (Å²) in [4.78, 5) is 2.50. The number of likely N-dealkylation sites (tertiary alicyclic amines) is 1. The quantitative estimate of drug-likeness (QED) is 0.773. The molecule has 2 N–H and O–H groups in total. The molecule has 1 fully saturated rings. The Hall–Kier alpha value is -0.900. The van der Waals surface area contributed by atoms with Gasteiger partial charge in [0.2, 0.25) is 0 Å². The lowest BCUT2D eigenvalue weighted by molar-refractivity contribution is 0.219. The molecular formula is C18H30N2O. The summed E-state index contributed by atoms with van der Waals surface area (Å²) in [6.07, 6.45) is 3.45. The molecule has 0 bridgehead atoms. The summed E-state index contributed by atoms with van der Waals surface area (Å²) in [5.74, 6) is 0.492. The van der Waals surface area contributed by atoms with Crippen LogP contribution >= 0.6 is 0 Å². The summed E-state index contributed by atoms with van der Waals surface area (Å²) in [5.41, 5.74) is 2.73. The fourth-order valence-corrected chi connectivity index (χ4v) is 3.17. The van der Waals surface area contributed by atoms with E-state index in [0.717, 1.165) is 39.0 Å². The average molecular weight is 290 g/mol. The normalized spacial score (nSPS) is 20.8. The van der Waals surface area contributed by atoms with Crippen LogP contribution in [0, 0.1) is 12.8 Å².